The van der Waals surface area contributed by atoms with Gasteiger partial charge in [0.05, 0.1) is 30.3 Å². The van der Waals surface area contributed by atoms with Crippen molar-refractivity contribution in [2.75, 3.05) is 18.2 Å². The molecule has 2 aromatic carbocycles. The zero-order valence-electron chi connectivity index (χ0n) is 19.3. The Bertz CT molecular complexity index is 1250. The lowest BCUT2D eigenvalue weighted by Crippen LogP contribution is -2.31. The third-order valence-corrected chi connectivity index (χ3v) is 6.44. The number of ether oxygens (including phenoxy) is 1. The average Bonchev–Trinajstić information content (AvgIpc) is 2.81. The van der Waals surface area contributed by atoms with E-state index < -0.39 is 36.1 Å². The van der Waals surface area contributed by atoms with Gasteiger partial charge >= 0.3 is 6.18 Å². The van der Waals surface area contributed by atoms with Crippen LogP contribution in [0.25, 0.3) is 4.85 Å². The van der Waals surface area contributed by atoms with E-state index in [1.807, 2.05) is 0 Å². The number of carbonyl (C=O) groups is 1. The Morgan fingerprint density at radius 2 is 1.94 bits per heavy atom. The van der Waals surface area contributed by atoms with Crippen LogP contribution in [0, 0.1) is 18.2 Å². The number of thioether (sulfide) groups is 1. The van der Waals surface area contributed by atoms with Crippen molar-refractivity contribution in [2.45, 2.75) is 31.9 Å². The van der Waals surface area contributed by atoms with Crippen molar-refractivity contribution in [1.29, 1.82) is 0 Å². The van der Waals surface area contributed by atoms with Gasteiger partial charge in [0.25, 0.3) is 5.91 Å². The van der Waals surface area contributed by atoms with Crippen LogP contribution in [0.15, 0.2) is 64.5 Å². The Kier molecular flexibility index (Phi) is 8.63. The number of nitrogens with zero attached hydrogens (tertiary/aromatic N) is 1. The first-order valence-electron chi connectivity index (χ1n) is 10.7. The minimum atomic E-state index is -4.31. The number of anilines is 1. The number of methoxy groups -OCH3 is 1. The maximum absolute atomic E-state index is 14.9. The quantitative estimate of drug-likeness (QED) is 0.229. The van der Waals surface area contributed by atoms with Crippen molar-refractivity contribution >= 4 is 23.4 Å². The Hall–Kier alpha value is -3.52. The summed E-state index contributed by atoms with van der Waals surface area (Å²) < 4.78 is 71.5. The normalized spacial score (nSPS) is 15.9. The van der Waals surface area contributed by atoms with Crippen molar-refractivity contribution in [1.82, 2.24) is 5.32 Å². The minimum Gasteiger partial charge on any atom is -0.495 e. The zero-order chi connectivity index (χ0) is 26.5. The molecule has 0 bridgehead atoms. The molecule has 1 heterocycles. The molecular weight excluding hydrogens is 501 g/mol. The van der Waals surface area contributed by atoms with Crippen LogP contribution in [-0.2, 0) is 4.79 Å². The molecule has 1 atom stereocenters. The summed E-state index contributed by atoms with van der Waals surface area (Å²) in [6.45, 7) is 9.29. The SMILES string of the molecule is [C-]#[N+]C1=C(SCCCC(F)(F)F)NC(C)=C(C(=O)Nc2ccccc2OC)C1c1ccc(F)cc1F. The van der Waals surface area contributed by atoms with Crippen LogP contribution in [-0.4, -0.2) is 24.9 Å². The number of dihydropyridines is 1. The summed E-state index contributed by atoms with van der Waals surface area (Å²) in [6.07, 6.45) is -5.49. The van der Waals surface area contributed by atoms with Crippen LogP contribution in [0.5, 0.6) is 5.75 Å². The van der Waals surface area contributed by atoms with Gasteiger partial charge in [-0.1, -0.05) is 18.2 Å². The van der Waals surface area contributed by atoms with Crippen LogP contribution in [0.3, 0.4) is 0 Å². The van der Waals surface area contributed by atoms with Crippen molar-refractivity contribution < 1.29 is 31.5 Å². The Balaban J connectivity index is 2.02. The van der Waals surface area contributed by atoms with E-state index in [0.29, 0.717) is 17.5 Å². The van der Waals surface area contributed by atoms with Gasteiger partial charge in [-0.15, -0.1) is 11.8 Å². The van der Waals surface area contributed by atoms with Gasteiger partial charge in [0.15, 0.2) is 0 Å². The maximum Gasteiger partial charge on any atom is 0.389 e. The molecule has 11 heteroatoms. The molecule has 1 amide bonds. The fraction of sp³-hybridized carbons (Fsp3) is 0.280. The number of halogens is 5. The number of amides is 1. The molecule has 1 aliphatic heterocycles. The van der Waals surface area contributed by atoms with Gasteiger partial charge in [0.1, 0.15) is 17.4 Å². The van der Waals surface area contributed by atoms with E-state index >= 15 is 0 Å². The maximum atomic E-state index is 14.9. The smallest absolute Gasteiger partial charge is 0.389 e. The molecule has 0 saturated heterocycles. The number of para-hydroxylation sites is 2. The van der Waals surface area contributed by atoms with Crippen molar-refractivity contribution in [3.63, 3.8) is 0 Å². The standard InChI is InChI=1S/C25H22F5N3O2S/c1-14-20(23(34)33-18-7-4-5-8-19(18)35-3)21(16-10-9-15(26)13-17(16)27)22(31-2)24(32-14)36-12-6-11-25(28,29)30/h4-5,7-10,13,21,32H,6,11-12H2,1,3H3,(H,33,34). The number of hydrogen-bond donors (Lipinski definition) is 2. The third kappa shape index (κ3) is 6.37. The lowest BCUT2D eigenvalue weighted by Gasteiger charge is -2.30. The van der Waals surface area contributed by atoms with E-state index in [9.17, 15) is 26.7 Å². The van der Waals surface area contributed by atoms with Crippen molar-refractivity contribution in [3.05, 3.63) is 93.1 Å². The van der Waals surface area contributed by atoms with E-state index in [1.54, 1.807) is 31.2 Å². The fourth-order valence-electron chi connectivity index (χ4n) is 3.74. The van der Waals surface area contributed by atoms with E-state index in [1.165, 1.54) is 7.11 Å². The molecule has 0 aliphatic carbocycles. The van der Waals surface area contributed by atoms with Gasteiger partial charge in [-0.2, -0.15) is 13.2 Å². The highest BCUT2D eigenvalue weighted by molar-refractivity contribution is 8.03. The summed E-state index contributed by atoms with van der Waals surface area (Å²) in [5.41, 5.74) is 0.443. The topological polar surface area (TPSA) is 54.7 Å². The zero-order valence-corrected chi connectivity index (χ0v) is 20.1. The molecule has 0 radical (unpaired) electrons. The summed E-state index contributed by atoms with van der Waals surface area (Å²) in [6, 6.07) is 9.44. The second-order valence-corrected chi connectivity index (χ2v) is 8.92. The van der Waals surface area contributed by atoms with E-state index in [-0.39, 0.29) is 39.7 Å². The van der Waals surface area contributed by atoms with Crippen LogP contribution in [0.4, 0.5) is 27.6 Å². The first-order valence-corrected chi connectivity index (χ1v) is 11.7. The molecule has 190 valence electrons. The number of alkyl halides is 3. The molecule has 3 rings (SSSR count). The van der Waals surface area contributed by atoms with Crippen LogP contribution >= 0.6 is 11.8 Å². The monoisotopic (exact) mass is 523 g/mol. The first kappa shape index (κ1) is 27.1. The second-order valence-electron chi connectivity index (χ2n) is 7.81. The van der Waals surface area contributed by atoms with Crippen molar-refractivity contribution in [3.8, 4) is 5.75 Å². The molecular formula is C25H22F5N3O2S. The number of carbonyl (C=O) groups excluding carboxylic acids is 1. The first-order chi connectivity index (χ1) is 17.1. The number of hydrogen-bond acceptors (Lipinski definition) is 4. The number of allylic oxidation sites excluding steroid dienone is 2. The van der Waals surface area contributed by atoms with Gasteiger partial charge in [-0.05, 0) is 42.9 Å². The molecule has 1 unspecified atom stereocenters. The third-order valence-electron chi connectivity index (χ3n) is 5.34. The lowest BCUT2D eigenvalue weighted by molar-refractivity contribution is -0.134. The molecule has 0 fully saturated rings. The molecule has 0 spiro atoms. The molecule has 2 aromatic rings. The van der Waals surface area contributed by atoms with Gasteiger partial charge in [-0.3, -0.25) is 4.79 Å². The second kappa shape index (κ2) is 11.5. The van der Waals surface area contributed by atoms with Crippen molar-refractivity contribution in [2.24, 2.45) is 0 Å². The van der Waals surface area contributed by atoms with Gasteiger partial charge < -0.3 is 15.4 Å². The largest absolute Gasteiger partial charge is 0.495 e. The summed E-state index contributed by atoms with van der Waals surface area (Å²) in [5.74, 6) is -3.25. The molecule has 5 nitrogen and oxygen atoms in total. The van der Waals surface area contributed by atoms with Gasteiger partial charge in [-0.25, -0.2) is 13.6 Å². The average molecular weight is 524 g/mol. The molecule has 36 heavy (non-hydrogen) atoms. The lowest BCUT2D eigenvalue weighted by atomic mass is 9.84. The van der Waals surface area contributed by atoms with Gasteiger partial charge in [0, 0.05) is 23.8 Å². The van der Waals surface area contributed by atoms with Gasteiger partial charge in [0.2, 0.25) is 5.70 Å². The summed E-state index contributed by atoms with van der Waals surface area (Å²) in [7, 11) is 1.43. The Morgan fingerprint density at radius 1 is 1.22 bits per heavy atom. The van der Waals surface area contributed by atoms with E-state index in [4.69, 9.17) is 11.3 Å². The molecule has 0 aromatic heterocycles. The Labute approximate surface area is 209 Å². The molecule has 1 aliphatic rings. The van der Waals surface area contributed by atoms with Crippen LogP contribution in [0.1, 0.15) is 31.2 Å². The minimum absolute atomic E-state index is 0.0112. The van der Waals surface area contributed by atoms with Crippen LogP contribution in [0.2, 0.25) is 0 Å². The van der Waals surface area contributed by atoms with Crippen LogP contribution < -0.4 is 15.4 Å². The fourth-order valence-corrected chi connectivity index (χ4v) is 4.76. The number of nitrogens with one attached hydrogen (secondary N) is 2. The predicted octanol–water partition coefficient (Wildman–Crippen LogP) is 6.74. The Morgan fingerprint density at radius 3 is 2.58 bits per heavy atom. The number of benzene rings is 2. The molecule has 2 N–H and O–H groups in total. The summed E-state index contributed by atoms with van der Waals surface area (Å²) in [4.78, 5) is 16.9. The molecule has 0 saturated carbocycles. The summed E-state index contributed by atoms with van der Waals surface area (Å²) >= 11 is 0.978. The van der Waals surface area contributed by atoms with E-state index in [2.05, 4.69) is 15.5 Å². The highest BCUT2D eigenvalue weighted by Crippen LogP contribution is 2.43. The summed E-state index contributed by atoms with van der Waals surface area (Å²) in [5, 5.41) is 5.85. The predicted molar refractivity (Wildman–Crippen MR) is 128 cm³/mol. The highest BCUT2D eigenvalue weighted by Gasteiger charge is 2.37. The van der Waals surface area contributed by atoms with E-state index in [0.717, 1.165) is 23.9 Å². The highest BCUT2D eigenvalue weighted by atomic mass is 32.2. The number of rotatable bonds is 8.